The number of aromatic carboxylic acids is 1. The zero-order valence-electron chi connectivity index (χ0n) is 7.97. The fraction of sp³-hybridized carbons (Fsp3) is 0.250. The minimum absolute atomic E-state index is 0.329. The van der Waals surface area contributed by atoms with E-state index in [1.165, 1.54) is 12.2 Å². The summed E-state index contributed by atoms with van der Waals surface area (Å²) in [7, 11) is 0. The molecule has 1 aromatic heterocycles. The molecule has 0 saturated heterocycles. The van der Waals surface area contributed by atoms with E-state index in [4.69, 9.17) is 5.11 Å². The van der Waals surface area contributed by atoms with Crippen LogP contribution >= 0.6 is 0 Å². The maximum atomic E-state index is 11.9. The third-order valence-corrected chi connectivity index (χ3v) is 1.67. The predicted molar refractivity (Wildman–Crippen MR) is 47.2 cm³/mol. The first-order chi connectivity index (χ1) is 7.21. The van der Waals surface area contributed by atoms with Gasteiger partial charge in [0, 0.05) is 5.69 Å². The zero-order valence-corrected chi connectivity index (χ0v) is 7.97. The topological polar surface area (TPSA) is 82.2 Å². The number of amides is 1. The first-order valence-corrected chi connectivity index (χ1v) is 4.03. The van der Waals surface area contributed by atoms with Crippen molar-refractivity contribution in [2.75, 3.05) is 5.32 Å². The maximum Gasteiger partial charge on any atom is 0.471 e. The van der Waals surface area contributed by atoms with E-state index in [-0.39, 0.29) is 0 Å². The van der Waals surface area contributed by atoms with Crippen LogP contribution in [0.5, 0.6) is 0 Å². The Kier molecular flexibility index (Phi) is 2.92. The lowest BCUT2D eigenvalue weighted by Gasteiger charge is -2.06. The number of carbonyl (C=O) groups is 2. The highest BCUT2D eigenvalue weighted by Gasteiger charge is 2.39. The van der Waals surface area contributed by atoms with Gasteiger partial charge in [-0.1, -0.05) is 0 Å². The van der Waals surface area contributed by atoms with E-state index in [1.807, 2.05) is 0 Å². The van der Waals surface area contributed by atoms with Crippen LogP contribution in [0.3, 0.4) is 0 Å². The number of hydrogen-bond acceptors (Lipinski definition) is 2. The van der Waals surface area contributed by atoms with Gasteiger partial charge in [0.1, 0.15) is 5.69 Å². The molecule has 16 heavy (non-hydrogen) atoms. The third-order valence-electron chi connectivity index (χ3n) is 1.67. The molecule has 3 N–H and O–H groups in total. The first kappa shape index (κ1) is 12.1. The van der Waals surface area contributed by atoms with Gasteiger partial charge in [0.05, 0.1) is 5.69 Å². The van der Waals surface area contributed by atoms with E-state index >= 15 is 0 Å². The molecule has 0 radical (unpaired) electrons. The number of halogens is 3. The number of H-pyrrole nitrogens is 1. The molecule has 0 unspecified atom stereocenters. The van der Waals surface area contributed by atoms with Gasteiger partial charge in [-0.25, -0.2) is 4.79 Å². The number of carbonyl (C=O) groups excluding carboxylic acids is 1. The lowest BCUT2D eigenvalue weighted by Crippen LogP contribution is -2.30. The SMILES string of the molecule is Cc1cc(NC(=O)C(F)(F)F)c(C(=O)O)[nH]1. The molecule has 1 rings (SSSR count). The summed E-state index contributed by atoms with van der Waals surface area (Å²) in [5.74, 6) is -3.67. The summed E-state index contributed by atoms with van der Waals surface area (Å²) < 4.78 is 35.7. The average Bonchev–Trinajstić information content (AvgIpc) is 2.45. The molecule has 1 aromatic rings. The number of carboxylic acids is 1. The lowest BCUT2D eigenvalue weighted by atomic mass is 10.3. The highest BCUT2D eigenvalue weighted by molar-refractivity contribution is 6.01. The van der Waals surface area contributed by atoms with Crippen LogP contribution in [0.4, 0.5) is 18.9 Å². The molecule has 88 valence electrons. The van der Waals surface area contributed by atoms with Crippen molar-refractivity contribution in [3.8, 4) is 0 Å². The van der Waals surface area contributed by atoms with E-state index in [0.717, 1.165) is 6.07 Å². The van der Waals surface area contributed by atoms with Crippen molar-refractivity contribution in [1.82, 2.24) is 4.98 Å². The average molecular weight is 236 g/mol. The smallest absolute Gasteiger partial charge is 0.471 e. The van der Waals surface area contributed by atoms with Gasteiger partial charge >= 0.3 is 18.1 Å². The number of alkyl halides is 3. The van der Waals surface area contributed by atoms with E-state index in [2.05, 4.69) is 4.98 Å². The summed E-state index contributed by atoms with van der Waals surface area (Å²) in [6, 6.07) is 1.10. The van der Waals surface area contributed by atoms with Gasteiger partial charge in [-0.2, -0.15) is 13.2 Å². The van der Waals surface area contributed by atoms with Crippen LogP contribution in [0.15, 0.2) is 6.07 Å². The van der Waals surface area contributed by atoms with E-state index in [0.29, 0.717) is 5.69 Å². The Labute approximate surface area is 87.3 Å². The molecule has 0 saturated carbocycles. The molecule has 1 heterocycles. The monoisotopic (exact) mass is 236 g/mol. The Bertz CT molecular complexity index is 436. The van der Waals surface area contributed by atoms with Gasteiger partial charge in [-0.15, -0.1) is 0 Å². The molecule has 0 aliphatic carbocycles. The zero-order chi connectivity index (χ0) is 12.5. The van der Waals surface area contributed by atoms with Crippen LogP contribution in [0, 0.1) is 6.92 Å². The number of hydrogen-bond donors (Lipinski definition) is 3. The number of rotatable bonds is 2. The molecule has 8 heteroatoms. The second-order valence-corrected chi connectivity index (χ2v) is 3.00. The summed E-state index contributed by atoms with van der Waals surface area (Å²) >= 11 is 0. The van der Waals surface area contributed by atoms with Crippen molar-refractivity contribution in [2.45, 2.75) is 13.1 Å². The number of carboxylic acid groups (broad SMARTS) is 1. The number of nitrogens with one attached hydrogen (secondary N) is 2. The first-order valence-electron chi connectivity index (χ1n) is 4.03. The molecule has 0 atom stereocenters. The summed E-state index contributed by atoms with van der Waals surface area (Å²) in [5.41, 5.74) is -0.572. The van der Waals surface area contributed by atoms with Crippen LogP contribution in [0.2, 0.25) is 0 Å². The predicted octanol–water partition coefficient (Wildman–Crippen LogP) is 1.52. The molecule has 0 aliphatic rings. The number of aryl methyl sites for hydroxylation is 1. The Morgan fingerprint density at radius 1 is 1.44 bits per heavy atom. The fourth-order valence-electron chi connectivity index (χ4n) is 1.05. The Morgan fingerprint density at radius 3 is 2.44 bits per heavy atom. The number of anilines is 1. The maximum absolute atomic E-state index is 11.9. The summed E-state index contributed by atoms with van der Waals surface area (Å²) in [6.07, 6.45) is -5.05. The highest BCUT2D eigenvalue weighted by atomic mass is 19.4. The van der Waals surface area contributed by atoms with Crippen molar-refractivity contribution in [3.63, 3.8) is 0 Å². The largest absolute Gasteiger partial charge is 0.477 e. The number of aromatic nitrogens is 1. The Morgan fingerprint density at radius 2 is 2.00 bits per heavy atom. The fourth-order valence-corrected chi connectivity index (χ4v) is 1.05. The molecule has 5 nitrogen and oxygen atoms in total. The Balaban J connectivity index is 2.98. The van der Waals surface area contributed by atoms with Crippen molar-refractivity contribution in [3.05, 3.63) is 17.5 Å². The van der Waals surface area contributed by atoms with Gasteiger partial charge in [0.25, 0.3) is 0 Å². The van der Waals surface area contributed by atoms with Crippen LogP contribution in [0.1, 0.15) is 16.2 Å². The highest BCUT2D eigenvalue weighted by Crippen LogP contribution is 2.21. The minimum atomic E-state index is -5.05. The van der Waals surface area contributed by atoms with Gasteiger partial charge in [0.2, 0.25) is 0 Å². The minimum Gasteiger partial charge on any atom is -0.477 e. The van der Waals surface area contributed by atoms with Gasteiger partial charge in [-0.05, 0) is 13.0 Å². The molecule has 1 amide bonds. The van der Waals surface area contributed by atoms with Crippen LogP contribution in [0.25, 0.3) is 0 Å². The summed E-state index contributed by atoms with van der Waals surface area (Å²) in [6.45, 7) is 1.45. The normalized spacial score (nSPS) is 11.2. The van der Waals surface area contributed by atoms with Gasteiger partial charge in [0.15, 0.2) is 0 Å². The molecular formula is C8H7F3N2O3. The van der Waals surface area contributed by atoms with Gasteiger partial charge < -0.3 is 15.4 Å². The molecular weight excluding hydrogens is 229 g/mol. The van der Waals surface area contributed by atoms with Crippen molar-refractivity contribution < 1.29 is 27.9 Å². The molecule has 0 aliphatic heterocycles. The number of aromatic amines is 1. The summed E-state index contributed by atoms with van der Waals surface area (Å²) in [5, 5.41) is 10.1. The molecule has 0 fully saturated rings. The second-order valence-electron chi connectivity index (χ2n) is 3.00. The van der Waals surface area contributed by atoms with Crippen LogP contribution < -0.4 is 5.32 Å². The Hall–Kier alpha value is -1.99. The quantitative estimate of drug-likeness (QED) is 0.728. The lowest BCUT2D eigenvalue weighted by molar-refractivity contribution is -0.167. The second kappa shape index (κ2) is 3.87. The van der Waals surface area contributed by atoms with Crippen molar-refractivity contribution >= 4 is 17.6 Å². The van der Waals surface area contributed by atoms with E-state index in [9.17, 15) is 22.8 Å². The molecule has 0 aromatic carbocycles. The van der Waals surface area contributed by atoms with Gasteiger partial charge in [-0.3, -0.25) is 4.79 Å². The van der Waals surface area contributed by atoms with Crippen LogP contribution in [-0.2, 0) is 4.79 Å². The molecule has 0 bridgehead atoms. The van der Waals surface area contributed by atoms with Crippen LogP contribution in [-0.4, -0.2) is 28.1 Å². The standard InChI is InChI=1S/C8H7F3N2O3/c1-3-2-4(5(12-3)6(14)15)13-7(16)8(9,10)11/h2,12H,1H3,(H,13,16)(H,14,15). The van der Waals surface area contributed by atoms with Crippen molar-refractivity contribution in [2.24, 2.45) is 0 Å². The van der Waals surface area contributed by atoms with E-state index < -0.39 is 29.4 Å². The molecule has 0 spiro atoms. The van der Waals surface area contributed by atoms with E-state index in [1.54, 1.807) is 0 Å². The third kappa shape index (κ3) is 2.53. The van der Waals surface area contributed by atoms with Crippen molar-refractivity contribution in [1.29, 1.82) is 0 Å². The summed E-state index contributed by atoms with van der Waals surface area (Å²) in [4.78, 5) is 23.5.